The van der Waals surface area contributed by atoms with Crippen LogP contribution in [0.1, 0.15) is 13.3 Å². The molecular weight excluding hydrogens is 242 g/mol. The number of ether oxygens (including phenoxy) is 3. The van der Waals surface area contributed by atoms with Gasteiger partial charge in [-0.2, -0.15) is 0 Å². The third kappa shape index (κ3) is 4.73. The Labute approximate surface area is 115 Å². The molecule has 4 heteroatoms. The van der Waals surface area contributed by atoms with Gasteiger partial charge in [-0.15, -0.1) is 0 Å². The molecular formula is C15H23NO3. The standard InChI is InChI=1S/C15H23NO3/c1-2-18-14-5-3-4-6-15(14)19-10-8-16-11-13-7-9-17-12-13/h3-6,13,16H,2,7-12H2,1H3. The maximum atomic E-state index is 5.74. The van der Waals surface area contributed by atoms with Crippen LogP contribution in [0.3, 0.4) is 0 Å². The van der Waals surface area contributed by atoms with E-state index in [1.54, 1.807) is 0 Å². The van der Waals surface area contributed by atoms with Crippen molar-refractivity contribution < 1.29 is 14.2 Å². The SMILES string of the molecule is CCOc1ccccc1OCCNCC1CCOC1. The van der Waals surface area contributed by atoms with Crippen LogP contribution in [0, 0.1) is 5.92 Å². The molecule has 0 spiro atoms. The number of hydrogen-bond donors (Lipinski definition) is 1. The summed E-state index contributed by atoms with van der Waals surface area (Å²) in [4.78, 5) is 0. The molecule has 0 aromatic heterocycles. The first kappa shape index (κ1) is 14.2. The molecule has 0 saturated carbocycles. The maximum Gasteiger partial charge on any atom is 0.161 e. The van der Waals surface area contributed by atoms with Crippen LogP contribution in [0.4, 0.5) is 0 Å². The molecule has 4 nitrogen and oxygen atoms in total. The summed E-state index contributed by atoms with van der Waals surface area (Å²) < 4.78 is 16.6. The Balaban J connectivity index is 1.64. The Morgan fingerprint density at radius 2 is 2.05 bits per heavy atom. The van der Waals surface area contributed by atoms with Crippen LogP contribution in [0.15, 0.2) is 24.3 Å². The molecule has 1 fully saturated rings. The molecule has 0 radical (unpaired) electrons. The van der Waals surface area contributed by atoms with Crippen molar-refractivity contribution in [2.24, 2.45) is 5.92 Å². The van der Waals surface area contributed by atoms with Gasteiger partial charge in [0.25, 0.3) is 0 Å². The monoisotopic (exact) mass is 265 g/mol. The van der Waals surface area contributed by atoms with E-state index in [1.807, 2.05) is 31.2 Å². The zero-order chi connectivity index (χ0) is 13.3. The molecule has 1 aromatic rings. The second-order valence-corrected chi connectivity index (χ2v) is 4.66. The number of nitrogens with one attached hydrogen (secondary N) is 1. The zero-order valence-electron chi connectivity index (χ0n) is 11.6. The first-order valence-electron chi connectivity index (χ1n) is 7.03. The Kier molecular flexibility index (Phi) is 5.98. The smallest absolute Gasteiger partial charge is 0.161 e. The summed E-state index contributed by atoms with van der Waals surface area (Å²) in [5, 5.41) is 3.40. The van der Waals surface area contributed by atoms with Crippen molar-refractivity contribution in [2.45, 2.75) is 13.3 Å². The lowest BCUT2D eigenvalue weighted by molar-refractivity contribution is 0.184. The molecule has 0 aliphatic carbocycles. The van der Waals surface area contributed by atoms with Gasteiger partial charge in [-0.3, -0.25) is 0 Å². The Hall–Kier alpha value is -1.26. The van der Waals surface area contributed by atoms with Crippen LogP contribution in [0.25, 0.3) is 0 Å². The van der Waals surface area contributed by atoms with E-state index in [-0.39, 0.29) is 0 Å². The summed E-state index contributed by atoms with van der Waals surface area (Å²) in [5.74, 6) is 2.29. The summed E-state index contributed by atoms with van der Waals surface area (Å²) in [7, 11) is 0. The molecule has 1 heterocycles. The third-order valence-electron chi connectivity index (χ3n) is 3.14. The van der Waals surface area contributed by atoms with Gasteiger partial charge in [-0.1, -0.05) is 12.1 Å². The molecule has 1 atom stereocenters. The lowest BCUT2D eigenvalue weighted by Crippen LogP contribution is -2.27. The fourth-order valence-electron chi connectivity index (χ4n) is 2.13. The summed E-state index contributed by atoms with van der Waals surface area (Å²) in [5.41, 5.74) is 0. The van der Waals surface area contributed by atoms with Crippen LogP contribution in [-0.2, 0) is 4.74 Å². The van der Waals surface area contributed by atoms with Crippen molar-refractivity contribution in [1.82, 2.24) is 5.32 Å². The first-order chi connectivity index (χ1) is 9.40. The van der Waals surface area contributed by atoms with Crippen molar-refractivity contribution in [1.29, 1.82) is 0 Å². The normalized spacial score (nSPS) is 18.5. The fourth-order valence-corrected chi connectivity index (χ4v) is 2.13. The van der Waals surface area contributed by atoms with E-state index in [1.165, 1.54) is 6.42 Å². The highest BCUT2D eigenvalue weighted by molar-refractivity contribution is 5.39. The van der Waals surface area contributed by atoms with Crippen LogP contribution >= 0.6 is 0 Å². The maximum absolute atomic E-state index is 5.74. The minimum Gasteiger partial charge on any atom is -0.490 e. The van der Waals surface area contributed by atoms with Crippen LogP contribution in [-0.4, -0.2) is 39.5 Å². The lowest BCUT2D eigenvalue weighted by Gasteiger charge is -2.13. The minimum absolute atomic E-state index is 0.650. The number of para-hydroxylation sites is 2. The molecule has 0 amide bonds. The summed E-state index contributed by atoms with van der Waals surface area (Å²) in [6.07, 6.45) is 1.17. The van der Waals surface area contributed by atoms with Gasteiger partial charge < -0.3 is 19.5 Å². The van der Waals surface area contributed by atoms with E-state index in [2.05, 4.69) is 5.32 Å². The predicted octanol–water partition coefficient (Wildman–Crippen LogP) is 2.09. The van der Waals surface area contributed by atoms with Gasteiger partial charge >= 0.3 is 0 Å². The number of hydrogen-bond acceptors (Lipinski definition) is 4. The van der Waals surface area contributed by atoms with E-state index >= 15 is 0 Å². The van der Waals surface area contributed by atoms with Crippen LogP contribution < -0.4 is 14.8 Å². The highest BCUT2D eigenvalue weighted by atomic mass is 16.5. The average Bonchev–Trinajstić information content (AvgIpc) is 2.94. The zero-order valence-corrected chi connectivity index (χ0v) is 11.6. The largest absolute Gasteiger partial charge is 0.490 e. The van der Waals surface area contributed by atoms with Gasteiger partial charge in [0.15, 0.2) is 11.5 Å². The van der Waals surface area contributed by atoms with Crippen molar-refractivity contribution >= 4 is 0 Å². The minimum atomic E-state index is 0.650. The summed E-state index contributed by atoms with van der Waals surface area (Å²) in [6, 6.07) is 7.79. The van der Waals surface area contributed by atoms with Gasteiger partial charge in [0, 0.05) is 19.7 Å². The van der Waals surface area contributed by atoms with Gasteiger partial charge in [-0.25, -0.2) is 0 Å². The molecule has 1 unspecified atom stereocenters. The molecule has 1 saturated heterocycles. The molecule has 106 valence electrons. The quantitative estimate of drug-likeness (QED) is 0.731. The van der Waals surface area contributed by atoms with E-state index in [0.29, 0.717) is 19.1 Å². The van der Waals surface area contributed by atoms with Gasteiger partial charge in [0.05, 0.1) is 13.2 Å². The predicted molar refractivity (Wildman–Crippen MR) is 74.9 cm³/mol. The Bertz CT molecular complexity index is 364. The number of rotatable bonds is 8. The molecule has 1 aromatic carbocycles. The van der Waals surface area contributed by atoms with Gasteiger partial charge in [-0.05, 0) is 31.4 Å². The van der Waals surface area contributed by atoms with Crippen LogP contribution in [0.2, 0.25) is 0 Å². The van der Waals surface area contributed by atoms with Gasteiger partial charge in [0.2, 0.25) is 0 Å². The van der Waals surface area contributed by atoms with Crippen molar-refractivity contribution in [2.75, 3.05) is 39.5 Å². The summed E-state index contributed by atoms with van der Waals surface area (Å²) in [6.45, 7) is 6.93. The second-order valence-electron chi connectivity index (χ2n) is 4.66. The van der Waals surface area contributed by atoms with Crippen LogP contribution in [0.5, 0.6) is 11.5 Å². The highest BCUT2D eigenvalue weighted by Crippen LogP contribution is 2.26. The molecule has 2 rings (SSSR count). The Morgan fingerprint density at radius 3 is 2.74 bits per heavy atom. The number of benzene rings is 1. The van der Waals surface area contributed by atoms with Gasteiger partial charge in [0.1, 0.15) is 6.61 Å². The average molecular weight is 265 g/mol. The first-order valence-corrected chi connectivity index (χ1v) is 7.03. The Morgan fingerprint density at radius 1 is 1.26 bits per heavy atom. The molecule has 1 aliphatic rings. The van der Waals surface area contributed by atoms with Crippen molar-refractivity contribution in [3.05, 3.63) is 24.3 Å². The van der Waals surface area contributed by atoms with E-state index in [9.17, 15) is 0 Å². The lowest BCUT2D eigenvalue weighted by atomic mass is 10.1. The second kappa shape index (κ2) is 8.02. The van der Waals surface area contributed by atoms with E-state index in [0.717, 1.165) is 37.8 Å². The molecule has 1 aliphatic heterocycles. The van der Waals surface area contributed by atoms with E-state index in [4.69, 9.17) is 14.2 Å². The van der Waals surface area contributed by atoms with E-state index < -0.39 is 0 Å². The highest BCUT2D eigenvalue weighted by Gasteiger charge is 2.14. The molecule has 1 N–H and O–H groups in total. The molecule has 19 heavy (non-hydrogen) atoms. The summed E-state index contributed by atoms with van der Waals surface area (Å²) >= 11 is 0. The molecule has 0 bridgehead atoms. The topological polar surface area (TPSA) is 39.7 Å². The van der Waals surface area contributed by atoms with Crippen molar-refractivity contribution in [3.8, 4) is 11.5 Å². The van der Waals surface area contributed by atoms with Crippen molar-refractivity contribution in [3.63, 3.8) is 0 Å². The third-order valence-corrected chi connectivity index (χ3v) is 3.14. The fraction of sp³-hybridized carbons (Fsp3) is 0.600.